The zero-order valence-corrected chi connectivity index (χ0v) is 15.7. The van der Waals surface area contributed by atoms with E-state index in [9.17, 15) is 13.2 Å². The highest BCUT2D eigenvalue weighted by atomic mass is 32.2. The lowest BCUT2D eigenvalue weighted by Crippen LogP contribution is -2.55. The van der Waals surface area contributed by atoms with E-state index < -0.39 is 16.1 Å². The molecule has 2 fully saturated rings. The molecule has 1 amide bonds. The molecule has 0 aromatic carbocycles. The topological polar surface area (TPSA) is 57.7 Å². The fraction of sp³-hybridized carbons (Fsp3) is 0.833. The minimum atomic E-state index is -3.27. The van der Waals surface area contributed by atoms with Crippen molar-refractivity contribution in [3.8, 4) is 0 Å². The summed E-state index contributed by atoms with van der Waals surface area (Å²) in [5, 5.41) is 0. The Hall–Kier alpha value is -0.880. The van der Waals surface area contributed by atoms with Gasteiger partial charge < -0.3 is 4.90 Å². The summed E-state index contributed by atoms with van der Waals surface area (Å²) in [6, 6.07) is -0.535. The number of hydrogen-bond donors (Lipinski definition) is 0. The molecular weight excluding hydrogens is 324 g/mol. The van der Waals surface area contributed by atoms with E-state index in [2.05, 4.69) is 12.2 Å². The Balaban J connectivity index is 1.79. The summed E-state index contributed by atoms with van der Waals surface area (Å²) >= 11 is 0. The number of amides is 1. The summed E-state index contributed by atoms with van der Waals surface area (Å²) in [6.45, 7) is 5.95. The normalized spacial score (nSPS) is 31.7. The summed E-state index contributed by atoms with van der Waals surface area (Å²) in [5.74, 6) is 0.191. The summed E-state index contributed by atoms with van der Waals surface area (Å²) in [7, 11) is -3.27. The van der Waals surface area contributed by atoms with E-state index in [-0.39, 0.29) is 23.0 Å². The van der Waals surface area contributed by atoms with Gasteiger partial charge in [0.15, 0.2) is 0 Å². The maximum atomic E-state index is 13.2. The third kappa shape index (κ3) is 3.40. The SMILES string of the molecule is CC(C)C(C(=O)N1CCCC2(CC=CCC2)C1)N1CCCS1(=O)=O. The highest BCUT2D eigenvalue weighted by Crippen LogP contribution is 2.41. The van der Waals surface area contributed by atoms with Crippen molar-refractivity contribution >= 4 is 15.9 Å². The van der Waals surface area contributed by atoms with Gasteiger partial charge in [-0.2, -0.15) is 4.31 Å². The van der Waals surface area contributed by atoms with Crippen LogP contribution in [0.5, 0.6) is 0 Å². The van der Waals surface area contributed by atoms with Gasteiger partial charge in [0.1, 0.15) is 6.04 Å². The molecule has 24 heavy (non-hydrogen) atoms. The van der Waals surface area contributed by atoms with E-state index >= 15 is 0 Å². The average molecular weight is 355 g/mol. The number of sulfonamides is 1. The fourth-order valence-electron chi connectivity index (χ4n) is 4.61. The Morgan fingerprint density at radius 3 is 2.50 bits per heavy atom. The third-order valence-corrected chi connectivity index (χ3v) is 7.79. The zero-order chi connectivity index (χ0) is 17.4. The predicted octanol–water partition coefficient (Wildman–Crippen LogP) is 2.40. The predicted molar refractivity (Wildman–Crippen MR) is 95.0 cm³/mol. The maximum absolute atomic E-state index is 13.2. The molecule has 0 N–H and O–H groups in total. The van der Waals surface area contributed by atoms with Gasteiger partial charge in [-0.3, -0.25) is 4.79 Å². The monoisotopic (exact) mass is 354 g/mol. The second kappa shape index (κ2) is 6.79. The lowest BCUT2D eigenvalue weighted by Gasteiger charge is -2.45. The number of allylic oxidation sites excluding steroid dienone is 2. The number of hydrogen-bond acceptors (Lipinski definition) is 3. The molecule has 0 saturated carbocycles. The zero-order valence-electron chi connectivity index (χ0n) is 14.9. The molecule has 0 bridgehead atoms. The smallest absolute Gasteiger partial charge is 0.241 e. The molecule has 3 rings (SSSR count). The van der Waals surface area contributed by atoms with Crippen molar-refractivity contribution < 1.29 is 13.2 Å². The van der Waals surface area contributed by atoms with E-state index in [1.807, 2.05) is 18.7 Å². The number of likely N-dealkylation sites (tertiary alicyclic amines) is 1. The Kier molecular flexibility index (Phi) is 5.07. The van der Waals surface area contributed by atoms with Crippen molar-refractivity contribution in [2.45, 2.75) is 58.4 Å². The van der Waals surface area contributed by atoms with E-state index in [0.29, 0.717) is 13.0 Å². The van der Waals surface area contributed by atoms with Crippen LogP contribution in [-0.4, -0.2) is 55.0 Å². The Morgan fingerprint density at radius 2 is 1.92 bits per heavy atom. The molecule has 3 aliphatic rings. The largest absolute Gasteiger partial charge is 0.341 e. The first-order chi connectivity index (χ1) is 11.3. The highest BCUT2D eigenvalue weighted by Gasteiger charge is 2.44. The summed E-state index contributed by atoms with van der Waals surface area (Å²) in [4.78, 5) is 15.2. The molecule has 1 aliphatic carbocycles. The second-order valence-corrected chi connectivity index (χ2v) is 10.1. The first-order valence-electron chi connectivity index (χ1n) is 9.28. The Bertz CT molecular complexity index is 614. The molecule has 0 radical (unpaired) electrons. The van der Waals surface area contributed by atoms with Gasteiger partial charge in [-0.25, -0.2) is 8.42 Å². The molecule has 2 atom stereocenters. The molecule has 5 nitrogen and oxygen atoms in total. The van der Waals surface area contributed by atoms with Crippen molar-refractivity contribution in [1.29, 1.82) is 0 Å². The van der Waals surface area contributed by atoms with Gasteiger partial charge in [0.25, 0.3) is 0 Å². The third-order valence-electron chi connectivity index (χ3n) is 5.86. The molecule has 1 spiro atoms. The minimum absolute atomic E-state index is 0.00509. The van der Waals surface area contributed by atoms with Crippen LogP contribution in [0.3, 0.4) is 0 Å². The number of carbonyl (C=O) groups excluding carboxylic acids is 1. The van der Waals surface area contributed by atoms with Gasteiger partial charge in [0, 0.05) is 19.6 Å². The first-order valence-corrected chi connectivity index (χ1v) is 10.9. The summed E-state index contributed by atoms with van der Waals surface area (Å²) < 4.78 is 26.1. The van der Waals surface area contributed by atoms with Crippen LogP contribution in [0.15, 0.2) is 12.2 Å². The molecule has 0 aromatic heterocycles. The lowest BCUT2D eigenvalue weighted by atomic mass is 9.71. The van der Waals surface area contributed by atoms with Crippen LogP contribution in [0.25, 0.3) is 0 Å². The van der Waals surface area contributed by atoms with Gasteiger partial charge in [-0.1, -0.05) is 26.0 Å². The molecule has 2 unspecified atom stereocenters. The van der Waals surface area contributed by atoms with Crippen molar-refractivity contribution in [1.82, 2.24) is 9.21 Å². The summed E-state index contributed by atoms with van der Waals surface area (Å²) in [5.41, 5.74) is 0.216. The lowest BCUT2D eigenvalue weighted by molar-refractivity contribution is -0.140. The van der Waals surface area contributed by atoms with Crippen LogP contribution in [0.2, 0.25) is 0 Å². The van der Waals surface area contributed by atoms with Crippen molar-refractivity contribution in [2.75, 3.05) is 25.4 Å². The molecule has 2 heterocycles. The molecule has 6 heteroatoms. The van der Waals surface area contributed by atoms with Gasteiger partial charge >= 0.3 is 0 Å². The van der Waals surface area contributed by atoms with E-state index in [0.717, 1.165) is 38.8 Å². The van der Waals surface area contributed by atoms with Crippen LogP contribution in [-0.2, 0) is 14.8 Å². The first kappa shape index (κ1) is 17.9. The molecule has 2 saturated heterocycles. The van der Waals surface area contributed by atoms with Crippen molar-refractivity contribution in [3.05, 3.63) is 12.2 Å². The van der Waals surface area contributed by atoms with E-state index in [4.69, 9.17) is 0 Å². The van der Waals surface area contributed by atoms with Crippen LogP contribution < -0.4 is 0 Å². The fourth-order valence-corrected chi connectivity index (χ4v) is 6.42. The van der Waals surface area contributed by atoms with Crippen LogP contribution in [0, 0.1) is 11.3 Å². The van der Waals surface area contributed by atoms with E-state index in [1.54, 1.807) is 0 Å². The van der Waals surface area contributed by atoms with Crippen molar-refractivity contribution in [3.63, 3.8) is 0 Å². The number of rotatable bonds is 3. The minimum Gasteiger partial charge on any atom is -0.341 e. The van der Waals surface area contributed by atoms with Gasteiger partial charge in [-0.05, 0) is 49.9 Å². The number of piperidine rings is 1. The van der Waals surface area contributed by atoms with Crippen LogP contribution in [0.1, 0.15) is 52.4 Å². The Morgan fingerprint density at radius 1 is 1.12 bits per heavy atom. The number of nitrogens with zero attached hydrogens (tertiary/aromatic N) is 2. The van der Waals surface area contributed by atoms with E-state index in [1.165, 1.54) is 10.7 Å². The molecule has 0 aromatic rings. The second-order valence-electron chi connectivity index (χ2n) is 8.05. The number of carbonyl (C=O) groups is 1. The van der Waals surface area contributed by atoms with Gasteiger partial charge in [-0.15, -0.1) is 0 Å². The van der Waals surface area contributed by atoms with Gasteiger partial charge in [0.2, 0.25) is 15.9 Å². The standard InChI is InChI=1S/C18H30N2O3S/c1-15(2)16(20-12-7-13-24(20,22)23)17(21)19-11-6-10-18(14-19)8-4-3-5-9-18/h3-4,15-16H,5-14H2,1-2H3. The molecule has 136 valence electrons. The highest BCUT2D eigenvalue weighted by molar-refractivity contribution is 7.89. The van der Waals surface area contributed by atoms with Gasteiger partial charge in [0.05, 0.1) is 5.75 Å². The quantitative estimate of drug-likeness (QED) is 0.731. The summed E-state index contributed by atoms with van der Waals surface area (Å²) in [6.07, 6.45) is 10.6. The average Bonchev–Trinajstić information content (AvgIpc) is 2.87. The maximum Gasteiger partial charge on any atom is 0.241 e. The van der Waals surface area contributed by atoms with Crippen LogP contribution >= 0.6 is 0 Å². The Labute approximate surface area is 146 Å². The van der Waals surface area contributed by atoms with Crippen molar-refractivity contribution in [2.24, 2.45) is 11.3 Å². The van der Waals surface area contributed by atoms with Crippen LogP contribution in [0.4, 0.5) is 0 Å². The molecule has 2 aliphatic heterocycles. The molecular formula is C18H30N2O3S.